The first-order chi connectivity index (χ1) is 13.7. The molecule has 2 N–H and O–H groups in total. The number of nitrogens with one attached hydrogen (secondary N) is 2. The van der Waals surface area contributed by atoms with E-state index in [1.54, 1.807) is 31.2 Å². The molecule has 0 radical (unpaired) electrons. The van der Waals surface area contributed by atoms with Gasteiger partial charge in [0.2, 0.25) is 0 Å². The molecule has 0 saturated heterocycles. The summed E-state index contributed by atoms with van der Waals surface area (Å²) in [6, 6.07) is 16.8. The van der Waals surface area contributed by atoms with E-state index < -0.39 is 15.9 Å². The van der Waals surface area contributed by atoms with Crippen LogP contribution in [-0.2, 0) is 10.0 Å². The quantitative estimate of drug-likeness (QED) is 0.577. The first-order valence-corrected chi connectivity index (χ1v) is 10.8. The molecule has 150 valence electrons. The second-order valence-corrected chi connectivity index (χ2v) is 8.83. The SMILES string of the molecule is Cc1ccccc1NS(=O)(=O)c1cc(C(=O)Nc2cccc(C)c2C)ccc1Cl. The van der Waals surface area contributed by atoms with Gasteiger partial charge in [-0.2, -0.15) is 0 Å². The number of para-hydroxylation sites is 1. The van der Waals surface area contributed by atoms with Gasteiger partial charge in [-0.3, -0.25) is 9.52 Å². The summed E-state index contributed by atoms with van der Waals surface area (Å²) in [5.74, 6) is -0.414. The highest BCUT2D eigenvalue weighted by Gasteiger charge is 2.21. The van der Waals surface area contributed by atoms with Crippen LogP contribution in [-0.4, -0.2) is 14.3 Å². The van der Waals surface area contributed by atoms with Gasteiger partial charge in [0.1, 0.15) is 4.90 Å². The number of hydrogen-bond donors (Lipinski definition) is 2. The monoisotopic (exact) mass is 428 g/mol. The Morgan fingerprint density at radius 3 is 2.24 bits per heavy atom. The molecule has 0 saturated carbocycles. The Morgan fingerprint density at radius 1 is 0.862 bits per heavy atom. The molecule has 3 aromatic carbocycles. The number of amides is 1. The van der Waals surface area contributed by atoms with Crippen LogP contribution < -0.4 is 10.0 Å². The molecule has 0 aliphatic rings. The van der Waals surface area contributed by atoms with Crippen molar-refractivity contribution < 1.29 is 13.2 Å². The summed E-state index contributed by atoms with van der Waals surface area (Å²) in [6.07, 6.45) is 0. The molecule has 3 rings (SSSR count). The Balaban J connectivity index is 1.92. The van der Waals surface area contributed by atoms with Gasteiger partial charge in [0, 0.05) is 11.3 Å². The topological polar surface area (TPSA) is 75.3 Å². The molecule has 0 aliphatic carbocycles. The van der Waals surface area contributed by atoms with E-state index in [9.17, 15) is 13.2 Å². The van der Waals surface area contributed by atoms with Gasteiger partial charge < -0.3 is 5.32 Å². The maximum atomic E-state index is 12.9. The number of carbonyl (C=O) groups is 1. The maximum absolute atomic E-state index is 12.9. The minimum atomic E-state index is -3.97. The van der Waals surface area contributed by atoms with Crippen LogP contribution in [0.2, 0.25) is 5.02 Å². The van der Waals surface area contributed by atoms with Crippen molar-refractivity contribution in [1.82, 2.24) is 0 Å². The lowest BCUT2D eigenvalue weighted by Crippen LogP contribution is -2.17. The van der Waals surface area contributed by atoms with Crippen molar-refractivity contribution in [3.63, 3.8) is 0 Å². The maximum Gasteiger partial charge on any atom is 0.263 e. The number of aryl methyl sites for hydroxylation is 2. The molecule has 0 aliphatic heterocycles. The molecule has 0 bridgehead atoms. The van der Waals surface area contributed by atoms with Crippen LogP contribution >= 0.6 is 11.6 Å². The molecular formula is C22H21ClN2O3S. The van der Waals surface area contributed by atoms with E-state index in [0.29, 0.717) is 11.4 Å². The second kappa shape index (κ2) is 8.27. The molecular weight excluding hydrogens is 408 g/mol. The van der Waals surface area contributed by atoms with Crippen molar-refractivity contribution in [3.05, 3.63) is 87.9 Å². The van der Waals surface area contributed by atoms with Crippen molar-refractivity contribution in [2.24, 2.45) is 0 Å². The van der Waals surface area contributed by atoms with Gasteiger partial charge in [-0.25, -0.2) is 8.42 Å². The average Bonchev–Trinajstić information content (AvgIpc) is 2.67. The lowest BCUT2D eigenvalue weighted by molar-refractivity contribution is 0.102. The highest BCUT2D eigenvalue weighted by Crippen LogP contribution is 2.27. The molecule has 0 atom stereocenters. The minimum absolute atomic E-state index is 0.0365. The number of halogens is 1. The Morgan fingerprint density at radius 2 is 1.52 bits per heavy atom. The predicted molar refractivity (Wildman–Crippen MR) is 117 cm³/mol. The molecule has 0 aromatic heterocycles. The molecule has 0 fully saturated rings. The highest BCUT2D eigenvalue weighted by atomic mass is 35.5. The Labute approximate surface area is 175 Å². The first-order valence-electron chi connectivity index (χ1n) is 8.94. The van der Waals surface area contributed by atoms with Gasteiger partial charge in [0.15, 0.2) is 0 Å². The fourth-order valence-electron chi connectivity index (χ4n) is 2.82. The molecule has 1 amide bonds. The van der Waals surface area contributed by atoms with E-state index in [-0.39, 0.29) is 15.5 Å². The van der Waals surface area contributed by atoms with Crippen LogP contribution in [0.1, 0.15) is 27.0 Å². The minimum Gasteiger partial charge on any atom is -0.322 e. The third kappa shape index (κ3) is 4.60. The van der Waals surface area contributed by atoms with E-state index in [1.807, 2.05) is 32.0 Å². The molecule has 0 unspecified atom stereocenters. The smallest absolute Gasteiger partial charge is 0.263 e. The van der Waals surface area contributed by atoms with Crippen molar-refractivity contribution in [2.45, 2.75) is 25.7 Å². The molecule has 5 nitrogen and oxygen atoms in total. The van der Waals surface area contributed by atoms with Gasteiger partial charge >= 0.3 is 0 Å². The van der Waals surface area contributed by atoms with Gasteiger partial charge in [-0.15, -0.1) is 0 Å². The zero-order chi connectivity index (χ0) is 21.2. The van der Waals surface area contributed by atoms with Crippen LogP contribution in [0.5, 0.6) is 0 Å². The summed E-state index contributed by atoms with van der Waals surface area (Å²) in [5.41, 5.74) is 4.09. The van der Waals surface area contributed by atoms with Crippen molar-refractivity contribution in [3.8, 4) is 0 Å². The zero-order valence-corrected chi connectivity index (χ0v) is 17.9. The number of hydrogen-bond acceptors (Lipinski definition) is 3. The van der Waals surface area contributed by atoms with Crippen LogP contribution in [0.3, 0.4) is 0 Å². The van der Waals surface area contributed by atoms with Gasteiger partial charge in [0.25, 0.3) is 15.9 Å². The lowest BCUT2D eigenvalue weighted by atomic mass is 10.1. The third-order valence-electron chi connectivity index (χ3n) is 4.73. The normalized spacial score (nSPS) is 11.2. The summed E-state index contributed by atoms with van der Waals surface area (Å²) in [5, 5.41) is 2.86. The molecule has 0 heterocycles. The van der Waals surface area contributed by atoms with E-state index >= 15 is 0 Å². The van der Waals surface area contributed by atoms with Gasteiger partial charge in [0.05, 0.1) is 10.7 Å². The third-order valence-corrected chi connectivity index (χ3v) is 6.57. The van der Waals surface area contributed by atoms with Crippen molar-refractivity contribution in [1.29, 1.82) is 0 Å². The molecule has 29 heavy (non-hydrogen) atoms. The number of anilines is 2. The average molecular weight is 429 g/mol. The van der Waals surface area contributed by atoms with Crippen molar-refractivity contribution in [2.75, 3.05) is 10.0 Å². The van der Waals surface area contributed by atoms with E-state index in [0.717, 1.165) is 16.7 Å². The summed E-state index contributed by atoms with van der Waals surface area (Å²) in [4.78, 5) is 12.6. The summed E-state index contributed by atoms with van der Waals surface area (Å²) < 4.78 is 28.3. The summed E-state index contributed by atoms with van der Waals surface area (Å²) >= 11 is 6.15. The second-order valence-electron chi connectivity index (χ2n) is 6.77. The Kier molecular flexibility index (Phi) is 5.96. The first kappa shape index (κ1) is 20.9. The van der Waals surface area contributed by atoms with Crippen molar-refractivity contribution >= 4 is 38.9 Å². The number of rotatable bonds is 5. The number of sulfonamides is 1. The largest absolute Gasteiger partial charge is 0.322 e. The zero-order valence-electron chi connectivity index (χ0n) is 16.3. The Bertz CT molecular complexity index is 1190. The molecule has 7 heteroatoms. The van der Waals surface area contributed by atoms with E-state index in [4.69, 9.17) is 11.6 Å². The fraction of sp³-hybridized carbons (Fsp3) is 0.136. The lowest BCUT2D eigenvalue weighted by Gasteiger charge is -2.14. The van der Waals surface area contributed by atoms with Gasteiger partial charge in [-0.1, -0.05) is 41.9 Å². The molecule has 3 aromatic rings. The van der Waals surface area contributed by atoms with Crippen LogP contribution in [0.4, 0.5) is 11.4 Å². The molecule has 0 spiro atoms. The standard InChI is InChI=1S/C22H21ClN2O3S/c1-14-8-6-10-20(16(14)3)24-22(26)17-11-12-18(23)21(13-17)29(27,28)25-19-9-5-4-7-15(19)2/h4-13,25H,1-3H3,(H,24,26). The van der Waals surface area contributed by atoms with Gasteiger partial charge in [-0.05, 0) is 67.8 Å². The summed E-state index contributed by atoms with van der Waals surface area (Å²) in [7, 11) is -3.97. The fourth-order valence-corrected chi connectivity index (χ4v) is 4.48. The number of benzene rings is 3. The number of carbonyl (C=O) groups excluding carboxylic acids is 1. The Hall–Kier alpha value is -2.83. The highest BCUT2D eigenvalue weighted by molar-refractivity contribution is 7.92. The van der Waals surface area contributed by atoms with Crippen LogP contribution in [0.15, 0.2) is 65.6 Å². The van der Waals surface area contributed by atoms with E-state index in [1.165, 1.54) is 18.2 Å². The van der Waals surface area contributed by atoms with Crippen LogP contribution in [0.25, 0.3) is 0 Å². The van der Waals surface area contributed by atoms with E-state index in [2.05, 4.69) is 10.0 Å². The summed E-state index contributed by atoms with van der Waals surface area (Å²) in [6.45, 7) is 5.66. The predicted octanol–water partition coefficient (Wildman–Crippen LogP) is 5.32. The van der Waals surface area contributed by atoms with Crippen LogP contribution in [0, 0.1) is 20.8 Å².